The van der Waals surface area contributed by atoms with Gasteiger partial charge in [0.25, 0.3) is 0 Å². The van der Waals surface area contributed by atoms with Gasteiger partial charge in [-0.1, -0.05) is 0 Å². The van der Waals surface area contributed by atoms with Gasteiger partial charge in [0.05, 0.1) is 7.11 Å². The summed E-state index contributed by atoms with van der Waals surface area (Å²) in [6, 6.07) is 1.05. The molecule has 6 heteroatoms. The van der Waals surface area contributed by atoms with Gasteiger partial charge >= 0.3 is 0 Å². The highest BCUT2D eigenvalue weighted by Gasteiger charge is 2.14. The number of hydrogen-bond donors (Lipinski definition) is 2. The van der Waals surface area contributed by atoms with Crippen molar-refractivity contribution < 1.29 is 4.74 Å². The van der Waals surface area contributed by atoms with Crippen LogP contribution in [-0.4, -0.2) is 54.2 Å². The first-order chi connectivity index (χ1) is 9.51. The van der Waals surface area contributed by atoms with Crippen LogP contribution in [0.4, 0.5) is 11.6 Å². The number of nitrogens with one attached hydrogen (secondary N) is 2. The van der Waals surface area contributed by atoms with Crippen LogP contribution in [0, 0.1) is 0 Å². The van der Waals surface area contributed by atoms with Crippen LogP contribution in [0.2, 0.25) is 0 Å². The van der Waals surface area contributed by atoms with Crippen molar-refractivity contribution in [2.45, 2.75) is 39.8 Å². The van der Waals surface area contributed by atoms with Crippen LogP contribution in [0.15, 0.2) is 6.33 Å². The summed E-state index contributed by atoms with van der Waals surface area (Å²) >= 11 is 0. The summed E-state index contributed by atoms with van der Waals surface area (Å²) in [6.07, 6.45) is 1.53. The fraction of sp³-hybridized carbons (Fsp3) is 0.714. The summed E-state index contributed by atoms with van der Waals surface area (Å²) in [7, 11) is 3.44. The maximum atomic E-state index is 5.36. The maximum Gasteiger partial charge on any atom is 0.204 e. The average molecular weight is 281 g/mol. The van der Waals surface area contributed by atoms with Crippen LogP contribution in [-0.2, 0) is 0 Å². The molecule has 0 unspecified atom stereocenters. The van der Waals surface area contributed by atoms with E-state index in [1.807, 2.05) is 7.05 Å². The van der Waals surface area contributed by atoms with Crippen molar-refractivity contribution in [2.75, 3.05) is 37.9 Å². The van der Waals surface area contributed by atoms with Crippen LogP contribution < -0.4 is 15.4 Å². The zero-order valence-corrected chi connectivity index (χ0v) is 13.4. The topological polar surface area (TPSA) is 62.3 Å². The molecule has 0 bridgehead atoms. The lowest BCUT2D eigenvalue weighted by Gasteiger charge is -2.30. The molecule has 0 spiro atoms. The molecule has 6 nitrogen and oxygen atoms in total. The van der Waals surface area contributed by atoms with Crippen molar-refractivity contribution in [3.63, 3.8) is 0 Å². The summed E-state index contributed by atoms with van der Waals surface area (Å²) in [6.45, 7) is 10.6. The normalized spacial score (nSPS) is 11.2. The average Bonchev–Trinajstić information content (AvgIpc) is 2.42. The predicted molar refractivity (Wildman–Crippen MR) is 83.6 cm³/mol. The van der Waals surface area contributed by atoms with Gasteiger partial charge in [0.1, 0.15) is 6.33 Å². The lowest BCUT2D eigenvalue weighted by molar-refractivity contribution is 0.182. The minimum Gasteiger partial charge on any atom is -0.490 e. The second-order valence-electron chi connectivity index (χ2n) is 5.21. The third-order valence-corrected chi connectivity index (χ3v) is 3.23. The molecule has 20 heavy (non-hydrogen) atoms. The third kappa shape index (κ3) is 4.23. The molecule has 114 valence electrons. The third-order valence-electron chi connectivity index (χ3n) is 3.23. The first-order valence-electron chi connectivity index (χ1n) is 7.07. The number of ether oxygens (including phenoxy) is 1. The number of anilines is 2. The van der Waals surface area contributed by atoms with E-state index in [4.69, 9.17) is 4.74 Å². The van der Waals surface area contributed by atoms with Gasteiger partial charge in [-0.3, -0.25) is 4.90 Å². The Kier molecular flexibility index (Phi) is 6.51. The Bertz CT molecular complexity index is 401. The van der Waals surface area contributed by atoms with E-state index in [1.54, 1.807) is 7.11 Å². The second-order valence-corrected chi connectivity index (χ2v) is 5.21. The lowest BCUT2D eigenvalue weighted by atomic mass is 10.2. The van der Waals surface area contributed by atoms with E-state index in [1.165, 1.54) is 6.33 Å². The van der Waals surface area contributed by atoms with Gasteiger partial charge in [-0.15, -0.1) is 0 Å². The fourth-order valence-corrected chi connectivity index (χ4v) is 2.29. The summed E-state index contributed by atoms with van der Waals surface area (Å²) in [5, 5.41) is 6.32. The van der Waals surface area contributed by atoms with Crippen LogP contribution >= 0.6 is 0 Å². The highest BCUT2D eigenvalue weighted by atomic mass is 16.5. The SMILES string of the molecule is CNc1ncnc(NCCN(C(C)C)C(C)C)c1OC. The fourth-order valence-electron chi connectivity index (χ4n) is 2.29. The van der Waals surface area contributed by atoms with E-state index in [0.717, 1.165) is 18.9 Å². The largest absolute Gasteiger partial charge is 0.490 e. The van der Waals surface area contributed by atoms with Crippen molar-refractivity contribution in [3.05, 3.63) is 6.33 Å². The quantitative estimate of drug-likeness (QED) is 0.760. The molecule has 0 radical (unpaired) electrons. The molecule has 0 aromatic carbocycles. The molecule has 0 saturated heterocycles. The van der Waals surface area contributed by atoms with Crippen molar-refractivity contribution >= 4 is 11.6 Å². The summed E-state index contributed by atoms with van der Waals surface area (Å²) in [4.78, 5) is 10.8. The van der Waals surface area contributed by atoms with Crippen molar-refractivity contribution in [1.82, 2.24) is 14.9 Å². The molecule has 0 aliphatic carbocycles. The molecule has 1 aromatic rings. The molecule has 0 fully saturated rings. The van der Waals surface area contributed by atoms with Crippen molar-refractivity contribution in [1.29, 1.82) is 0 Å². The van der Waals surface area contributed by atoms with E-state index in [-0.39, 0.29) is 0 Å². The van der Waals surface area contributed by atoms with E-state index in [9.17, 15) is 0 Å². The second kappa shape index (κ2) is 7.89. The molecular weight excluding hydrogens is 254 g/mol. The number of methoxy groups -OCH3 is 1. The van der Waals surface area contributed by atoms with Gasteiger partial charge in [-0.05, 0) is 27.7 Å². The summed E-state index contributed by atoms with van der Waals surface area (Å²) in [5.41, 5.74) is 0. The smallest absolute Gasteiger partial charge is 0.204 e. The lowest BCUT2D eigenvalue weighted by Crippen LogP contribution is -2.40. The molecule has 1 aromatic heterocycles. The van der Waals surface area contributed by atoms with Crippen LogP contribution in [0.25, 0.3) is 0 Å². The molecule has 0 aliphatic rings. The Balaban J connectivity index is 2.66. The van der Waals surface area contributed by atoms with Gasteiger partial charge in [-0.2, -0.15) is 0 Å². The van der Waals surface area contributed by atoms with Crippen molar-refractivity contribution in [2.24, 2.45) is 0 Å². The highest BCUT2D eigenvalue weighted by molar-refractivity contribution is 5.63. The highest BCUT2D eigenvalue weighted by Crippen LogP contribution is 2.28. The summed E-state index contributed by atoms with van der Waals surface area (Å²) < 4.78 is 5.36. The monoisotopic (exact) mass is 281 g/mol. The molecule has 1 heterocycles. The molecule has 0 amide bonds. The molecule has 0 aliphatic heterocycles. The first-order valence-corrected chi connectivity index (χ1v) is 7.07. The Morgan fingerprint density at radius 1 is 1.15 bits per heavy atom. The van der Waals surface area contributed by atoms with Crippen LogP contribution in [0.3, 0.4) is 0 Å². The molecule has 2 N–H and O–H groups in total. The zero-order valence-electron chi connectivity index (χ0n) is 13.4. The van der Waals surface area contributed by atoms with Crippen LogP contribution in [0.5, 0.6) is 5.75 Å². The number of rotatable bonds is 8. The van der Waals surface area contributed by atoms with Gasteiger partial charge < -0.3 is 15.4 Å². The molecular formula is C14H27N5O. The Morgan fingerprint density at radius 3 is 2.25 bits per heavy atom. The zero-order chi connectivity index (χ0) is 15.1. The first kappa shape index (κ1) is 16.5. The predicted octanol–water partition coefficient (Wildman–Crippen LogP) is 2.06. The Labute approximate surface area is 121 Å². The number of aromatic nitrogens is 2. The number of hydrogen-bond acceptors (Lipinski definition) is 6. The van der Waals surface area contributed by atoms with E-state index in [2.05, 4.69) is 53.2 Å². The maximum absolute atomic E-state index is 5.36. The van der Waals surface area contributed by atoms with Crippen LogP contribution in [0.1, 0.15) is 27.7 Å². The van der Waals surface area contributed by atoms with E-state index < -0.39 is 0 Å². The molecule has 0 atom stereocenters. The van der Waals surface area contributed by atoms with Crippen molar-refractivity contribution in [3.8, 4) is 5.75 Å². The van der Waals surface area contributed by atoms with Gasteiger partial charge in [0.15, 0.2) is 11.6 Å². The summed E-state index contributed by atoms with van der Waals surface area (Å²) in [5.74, 6) is 2.06. The molecule has 1 rings (SSSR count). The van der Waals surface area contributed by atoms with E-state index in [0.29, 0.717) is 23.7 Å². The minimum atomic E-state index is 0.525. The van der Waals surface area contributed by atoms with Gasteiger partial charge in [-0.25, -0.2) is 9.97 Å². The number of nitrogens with zero attached hydrogens (tertiary/aromatic N) is 3. The minimum absolute atomic E-state index is 0.525. The van der Waals surface area contributed by atoms with E-state index >= 15 is 0 Å². The Morgan fingerprint density at radius 2 is 1.75 bits per heavy atom. The van der Waals surface area contributed by atoms with Gasteiger partial charge in [0.2, 0.25) is 5.75 Å². The Hall–Kier alpha value is -1.56. The molecule has 0 saturated carbocycles. The van der Waals surface area contributed by atoms with Gasteiger partial charge in [0, 0.05) is 32.2 Å². The standard InChI is InChI=1S/C14H27N5O/c1-10(2)19(11(3)4)8-7-16-14-12(20-6)13(15-5)17-9-18-14/h9-11H,7-8H2,1-6H3,(H2,15,16,17,18).